The van der Waals surface area contributed by atoms with Gasteiger partial charge in [-0.2, -0.15) is 0 Å². The highest BCUT2D eigenvalue weighted by atomic mass is 16.5. The van der Waals surface area contributed by atoms with E-state index in [1.807, 2.05) is 24.3 Å². The van der Waals surface area contributed by atoms with Crippen molar-refractivity contribution in [2.45, 2.75) is 38.8 Å². The van der Waals surface area contributed by atoms with E-state index >= 15 is 0 Å². The van der Waals surface area contributed by atoms with E-state index in [-0.39, 0.29) is 17.9 Å². The maximum absolute atomic E-state index is 12.4. The van der Waals surface area contributed by atoms with Crippen molar-refractivity contribution < 1.29 is 14.3 Å². The number of benzene rings is 1. The number of amides is 2. The number of ether oxygens (including phenoxy) is 1. The molecular weight excluding hydrogens is 306 g/mol. The summed E-state index contributed by atoms with van der Waals surface area (Å²) in [5, 5.41) is 6.44. The van der Waals surface area contributed by atoms with Crippen LogP contribution in [0.1, 0.15) is 26.7 Å². The highest BCUT2D eigenvalue weighted by molar-refractivity contribution is 6.00. The number of piperidine rings is 1. The van der Waals surface area contributed by atoms with Crippen LogP contribution in [-0.4, -0.2) is 43.6 Å². The highest BCUT2D eigenvalue weighted by Crippen LogP contribution is 2.33. The predicted octanol–water partition coefficient (Wildman–Crippen LogP) is 1.30. The summed E-state index contributed by atoms with van der Waals surface area (Å²) < 4.78 is 5.62. The Labute approximate surface area is 142 Å². The molecule has 1 aromatic carbocycles. The topological polar surface area (TPSA) is 70.7 Å². The third-order valence-electron chi connectivity index (χ3n) is 4.77. The Balaban J connectivity index is 1.61. The van der Waals surface area contributed by atoms with E-state index in [1.54, 1.807) is 11.8 Å². The van der Waals surface area contributed by atoms with Crippen LogP contribution in [0.25, 0.3) is 0 Å². The maximum Gasteiger partial charge on any atom is 0.267 e. The molecule has 1 saturated heterocycles. The van der Waals surface area contributed by atoms with E-state index in [9.17, 15) is 9.59 Å². The van der Waals surface area contributed by atoms with E-state index < -0.39 is 6.10 Å². The molecule has 6 heteroatoms. The van der Waals surface area contributed by atoms with Crippen LogP contribution in [0.5, 0.6) is 5.75 Å². The molecule has 0 radical (unpaired) electrons. The molecule has 0 aliphatic carbocycles. The molecule has 2 heterocycles. The second-order valence-corrected chi connectivity index (χ2v) is 6.61. The van der Waals surface area contributed by atoms with Crippen molar-refractivity contribution in [3.05, 3.63) is 24.3 Å². The van der Waals surface area contributed by atoms with Crippen molar-refractivity contribution in [3.8, 4) is 5.75 Å². The fourth-order valence-corrected chi connectivity index (χ4v) is 3.31. The van der Waals surface area contributed by atoms with Gasteiger partial charge >= 0.3 is 0 Å². The number of anilines is 1. The largest absolute Gasteiger partial charge is 0.479 e. The second kappa shape index (κ2) is 7.21. The van der Waals surface area contributed by atoms with E-state index in [0.717, 1.165) is 25.2 Å². The monoisotopic (exact) mass is 331 g/mol. The van der Waals surface area contributed by atoms with Gasteiger partial charge in [0.05, 0.1) is 5.69 Å². The summed E-state index contributed by atoms with van der Waals surface area (Å²) in [6, 6.07) is 7.67. The molecule has 0 bridgehead atoms. The minimum Gasteiger partial charge on any atom is -0.479 e. The molecule has 2 N–H and O–H groups in total. The fourth-order valence-electron chi connectivity index (χ4n) is 3.31. The Morgan fingerprint density at radius 2 is 2.17 bits per heavy atom. The van der Waals surface area contributed by atoms with E-state index in [4.69, 9.17) is 4.74 Å². The number of hydrogen-bond donors (Lipinski definition) is 2. The molecule has 0 aromatic heterocycles. The molecule has 1 aromatic rings. The summed E-state index contributed by atoms with van der Waals surface area (Å²) in [5.41, 5.74) is 0.739. The Morgan fingerprint density at radius 1 is 1.38 bits per heavy atom. The summed E-state index contributed by atoms with van der Waals surface area (Å²) in [7, 11) is 0. The van der Waals surface area contributed by atoms with Crippen LogP contribution in [0.3, 0.4) is 0 Å². The number of carbonyl (C=O) groups excluding carboxylic acids is 2. The first-order chi connectivity index (χ1) is 11.6. The lowest BCUT2D eigenvalue weighted by Crippen LogP contribution is -2.49. The Hall–Kier alpha value is -2.08. The summed E-state index contributed by atoms with van der Waals surface area (Å²) in [4.78, 5) is 26.4. The molecule has 6 nitrogen and oxygen atoms in total. The SMILES string of the molecule is CC1Oc2ccccc2N(CCC(=O)NC2CCNCC2C)C1=O. The van der Waals surface area contributed by atoms with Crippen LogP contribution in [0.15, 0.2) is 24.3 Å². The molecule has 3 rings (SSSR count). The third kappa shape index (κ3) is 3.53. The van der Waals surface area contributed by atoms with Crippen molar-refractivity contribution in [3.63, 3.8) is 0 Å². The normalized spacial score (nSPS) is 26.5. The van der Waals surface area contributed by atoms with Crippen LogP contribution >= 0.6 is 0 Å². The van der Waals surface area contributed by atoms with Crippen molar-refractivity contribution in [1.29, 1.82) is 0 Å². The van der Waals surface area contributed by atoms with Crippen LogP contribution in [0, 0.1) is 5.92 Å². The zero-order valence-electron chi connectivity index (χ0n) is 14.2. The average molecular weight is 331 g/mol. The Bertz CT molecular complexity index is 619. The van der Waals surface area contributed by atoms with Crippen LogP contribution in [0.4, 0.5) is 5.69 Å². The summed E-state index contributed by atoms with van der Waals surface area (Å²) in [5.74, 6) is 1.01. The van der Waals surface area contributed by atoms with E-state index in [2.05, 4.69) is 17.6 Å². The van der Waals surface area contributed by atoms with Gasteiger partial charge in [-0.1, -0.05) is 19.1 Å². The lowest BCUT2D eigenvalue weighted by atomic mass is 9.95. The van der Waals surface area contributed by atoms with Gasteiger partial charge in [-0.05, 0) is 44.5 Å². The van der Waals surface area contributed by atoms with E-state index in [0.29, 0.717) is 24.6 Å². The van der Waals surface area contributed by atoms with Crippen LogP contribution < -0.4 is 20.3 Å². The average Bonchev–Trinajstić information content (AvgIpc) is 2.57. The van der Waals surface area contributed by atoms with Crippen molar-refractivity contribution in [2.75, 3.05) is 24.5 Å². The molecular formula is C18H25N3O3. The minimum absolute atomic E-state index is 0.00169. The zero-order chi connectivity index (χ0) is 17.1. The number of nitrogens with zero attached hydrogens (tertiary/aromatic N) is 1. The second-order valence-electron chi connectivity index (χ2n) is 6.61. The number of para-hydroxylation sites is 2. The molecule has 3 atom stereocenters. The number of carbonyl (C=O) groups is 2. The third-order valence-corrected chi connectivity index (χ3v) is 4.77. The van der Waals surface area contributed by atoms with Crippen molar-refractivity contribution in [1.82, 2.24) is 10.6 Å². The summed E-state index contributed by atoms with van der Waals surface area (Å²) >= 11 is 0. The smallest absolute Gasteiger partial charge is 0.267 e. The number of hydrogen-bond acceptors (Lipinski definition) is 4. The quantitative estimate of drug-likeness (QED) is 0.873. The molecule has 0 spiro atoms. The van der Waals surface area contributed by atoms with E-state index in [1.165, 1.54) is 0 Å². The first-order valence-corrected chi connectivity index (χ1v) is 8.63. The van der Waals surface area contributed by atoms with Gasteiger partial charge in [0, 0.05) is 19.0 Å². The molecule has 0 saturated carbocycles. The molecule has 24 heavy (non-hydrogen) atoms. The predicted molar refractivity (Wildman–Crippen MR) is 92.1 cm³/mol. The van der Waals surface area contributed by atoms with Gasteiger partial charge in [0.2, 0.25) is 5.91 Å². The standard InChI is InChI=1S/C18H25N3O3/c1-12-11-19-9-7-14(12)20-17(22)8-10-21-15-5-3-4-6-16(15)24-13(2)18(21)23/h3-6,12-14,19H,7-11H2,1-2H3,(H,20,22). The van der Waals surface area contributed by atoms with Gasteiger partial charge < -0.3 is 20.3 Å². The summed E-state index contributed by atoms with van der Waals surface area (Å²) in [6.07, 6.45) is 0.722. The number of rotatable bonds is 4. The van der Waals surface area contributed by atoms with Crippen LogP contribution in [0.2, 0.25) is 0 Å². The lowest BCUT2D eigenvalue weighted by molar-refractivity contribution is -0.125. The molecule has 3 unspecified atom stereocenters. The number of nitrogens with one attached hydrogen (secondary N) is 2. The first-order valence-electron chi connectivity index (χ1n) is 8.63. The highest BCUT2D eigenvalue weighted by Gasteiger charge is 2.31. The first kappa shape index (κ1) is 16.8. The molecule has 2 aliphatic heterocycles. The van der Waals surface area contributed by atoms with Crippen LogP contribution in [-0.2, 0) is 9.59 Å². The summed E-state index contributed by atoms with van der Waals surface area (Å²) in [6.45, 7) is 6.11. The van der Waals surface area contributed by atoms with Crippen molar-refractivity contribution >= 4 is 17.5 Å². The van der Waals surface area contributed by atoms with Crippen molar-refractivity contribution in [2.24, 2.45) is 5.92 Å². The minimum atomic E-state index is -0.521. The van der Waals surface area contributed by atoms with Gasteiger partial charge in [0.1, 0.15) is 5.75 Å². The van der Waals surface area contributed by atoms with Gasteiger partial charge in [0.15, 0.2) is 6.10 Å². The lowest BCUT2D eigenvalue weighted by Gasteiger charge is -2.33. The molecule has 1 fully saturated rings. The van der Waals surface area contributed by atoms with Gasteiger partial charge in [-0.3, -0.25) is 9.59 Å². The van der Waals surface area contributed by atoms with Gasteiger partial charge in [-0.25, -0.2) is 0 Å². The maximum atomic E-state index is 12.4. The Kier molecular flexibility index (Phi) is 5.04. The van der Waals surface area contributed by atoms with Gasteiger partial charge in [-0.15, -0.1) is 0 Å². The fraction of sp³-hybridized carbons (Fsp3) is 0.556. The molecule has 2 aliphatic rings. The Morgan fingerprint density at radius 3 is 2.96 bits per heavy atom. The molecule has 130 valence electrons. The zero-order valence-corrected chi connectivity index (χ0v) is 14.2. The number of fused-ring (bicyclic) bond motifs is 1. The van der Waals surface area contributed by atoms with Gasteiger partial charge in [0.25, 0.3) is 5.91 Å². The molecule has 2 amide bonds.